The summed E-state index contributed by atoms with van der Waals surface area (Å²) in [5, 5.41) is 3.06. The Morgan fingerprint density at radius 2 is 2.23 bits per heavy atom. The van der Waals surface area contributed by atoms with Gasteiger partial charge in [-0.25, -0.2) is 0 Å². The van der Waals surface area contributed by atoms with E-state index in [1.165, 1.54) is 11.1 Å². The van der Waals surface area contributed by atoms with Gasteiger partial charge in [-0.2, -0.15) is 0 Å². The van der Waals surface area contributed by atoms with Gasteiger partial charge in [0.05, 0.1) is 0 Å². The van der Waals surface area contributed by atoms with Gasteiger partial charge in [0, 0.05) is 12.7 Å². The smallest absolute Gasteiger partial charge is 0.00343 e. The second-order valence-corrected chi connectivity index (χ2v) is 3.34. The van der Waals surface area contributed by atoms with Crippen molar-refractivity contribution in [3.63, 3.8) is 0 Å². The van der Waals surface area contributed by atoms with Gasteiger partial charge in [-0.1, -0.05) is 36.4 Å². The maximum Gasteiger partial charge on any atom is 0.00343 e. The minimum Gasteiger partial charge on any atom is -0.392 e. The van der Waals surface area contributed by atoms with Crippen molar-refractivity contribution in [3.05, 3.63) is 47.7 Å². The van der Waals surface area contributed by atoms with E-state index in [4.69, 9.17) is 0 Å². The molecule has 1 rings (SSSR count). The van der Waals surface area contributed by atoms with E-state index < -0.39 is 0 Å². The maximum absolute atomic E-state index is 3.90. The minimum absolute atomic E-state index is 1.01. The molecule has 70 valence electrons. The highest BCUT2D eigenvalue weighted by atomic mass is 14.8. The molecule has 0 aliphatic rings. The van der Waals surface area contributed by atoms with Crippen LogP contribution in [0.4, 0.5) is 0 Å². The summed E-state index contributed by atoms with van der Waals surface area (Å²) in [6, 6.07) is 8.61. The molecule has 1 aromatic carbocycles. The fourth-order valence-electron chi connectivity index (χ4n) is 1.29. The van der Waals surface area contributed by atoms with E-state index in [2.05, 4.69) is 43.1 Å². The Labute approximate surface area is 80.5 Å². The first-order valence-corrected chi connectivity index (χ1v) is 4.63. The van der Waals surface area contributed by atoms with Gasteiger partial charge in [0.25, 0.3) is 0 Å². The highest BCUT2D eigenvalue weighted by molar-refractivity contribution is 5.22. The van der Waals surface area contributed by atoms with Gasteiger partial charge >= 0.3 is 0 Å². The molecule has 0 saturated heterocycles. The molecule has 0 aromatic heterocycles. The van der Waals surface area contributed by atoms with Crippen molar-refractivity contribution < 1.29 is 0 Å². The molecule has 1 aromatic rings. The summed E-state index contributed by atoms with van der Waals surface area (Å²) in [6.45, 7) is 6.02. The lowest BCUT2D eigenvalue weighted by molar-refractivity contribution is 0.841. The lowest BCUT2D eigenvalue weighted by Gasteiger charge is -2.05. The van der Waals surface area contributed by atoms with Gasteiger partial charge in [-0.15, -0.1) is 0 Å². The summed E-state index contributed by atoms with van der Waals surface area (Å²) < 4.78 is 0. The van der Waals surface area contributed by atoms with Crippen molar-refractivity contribution in [2.24, 2.45) is 0 Å². The molecule has 1 nitrogen and oxygen atoms in total. The summed E-state index contributed by atoms with van der Waals surface area (Å²) in [7, 11) is 1.92. The van der Waals surface area contributed by atoms with Crippen LogP contribution in [0.3, 0.4) is 0 Å². The predicted octanol–water partition coefficient (Wildman–Crippen LogP) is 2.66. The van der Waals surface area contributed by atoms with Crippen LogP contribution in [-0.2, 0) is 6.42 Å². The first-order valence-electron chi connectivity index (χ1n) is 4.63. The molecular formula is C12H17N. The molecule has 0 unspecified atom stereocenters. The summed E-state index contributed by atoms with van der Waals surface area (Å²) in [4.78, 5) is 0. The number of aryl methyl sites for hydroxylation is 2. The first-order chi connectivity index (χ1) is 6.22. The van der Waals surface area contributed by atoms with Gasteiger partial charge in [0.1, 0.15) is 0 Å². The number of allylic oxidation sites excluding steroid dienone is 1. The average Bonchev–Trinajstić information content (AvgIpc) is 2.14. The maximum atomic E-state index is 3.90. The first kappa shape index (κ1) is 9.85. The minimum atomic E-state index is 1.01. The van der Waals surface area contributed by atoms with Crippen LogP contribution >= 0.6 is 0 Å². The third-order valence-electron chi connectivity index (χ3n) is 2.15. The van der Waals surface area contributed by atoms with Crippen LogP contribution in [0.5, 0.6) is 0 Å². The molecule has 0 spiro atoms. The number of benzene rings is 1. The Balaban J connectivity index is 2.50. The topological polar surface area (TPSA) is 12.0 Å². The van der Waals surface area contributed by atoms with Crippen LogP contribution in [0.2, 0.25) is 0 Å². The Morgan fingerprint density at radius 3 is 2.85 bits per heavy atom. The van der Waals surface area contributed by atoms with Crippen LogP contribution in [0.1, 0.15) is 17.5 Å². The predicted molar refractivity (Wildman–Crippen MR) is 57.7 cm³/mol. The zero-order chi connectivity index (χ0) is 9.68. The van der Waals surface area contributed by atoms with Crippen LogP contribution in [0.15, 0.2) is 36.5 Å². The Morgan fingerprint density at radius 1 is 1.46 bits per heavy atom. The average molecular weight is 175 g/mol. The fraction of sp³-hybridized carbons (Fsp3) is 0.333. The number of hydrogen-bond donors (Lipinski definition) is 1. The van der Waals surface area contributed by atoms with Crippen molar-refractivity contribution in [2.75, 3.05) is 7.05 Å². The monoisotopic (exact) mass is 175 g/mol. The summed E-state index contributed by atoms with van der Waals surface area (Å²) in [5.41, 5.74) is 3.81. The van der Waals surface area contributed by atoms with Gasteiger partial charge in [0.2, 0.25) is 0 Å². The van der Waals surface area contributed by atoms with Crippen LogP contribution in [-0.4, -0.2) is 7.05 Å². The Kier molecular flexibility index (Phi) is 3.56. The van der Waals surface area contributed by atoms with E-state index in [1.54, 1.807) is 0 Å². The molecule has 1 heteroatoms. The molecule has 0 radical (unpaired) electrons. The van der Waals surface area contributed by atoms with Crippen molar-refractivity contribution in [1.29, 1.82) is 0 Å². The lowest BCUT2D eigenvalue weighted by atomic mass is 10.1. The van der Waals surface area contributed by atoms with Crippen molar-refractivity contribution in [1.82, 2.24) is 5.32 Å². The zero-order valence-corrected chi connectivity index (χ0v) is 8.43. The molecule has 0 fully saturated rings. The van der Waals surface area contributed by atoms with Crippen molar-refractivity contribution in [2.45, 2.75) is 19.8 Å². The highest BCUT2D eigenvalue weighted by Crippen LogP contribution is 2.08. The fourth-order valence-corrected chi connectivity index (χ4v) is 1.29. The van der Waals surface area contributed by atoms with Gasteiger partial charge < -0.3 is 5.32 Å². The molecule has 0 bridgehead atoms. The van der Waals surface area contributed by atoms with Gasteiger partial charge in [0.15, 0.2) is 0 Å². The largest absolute Gasteiger partial charge is 0.392 e. The van der Waals surface area contributed by atoms with Gasteiger partial charge in [-0.3, -0.25) is 0 Å². The lowest BCUT2D eigenvalue weighted by Crippen LogP contribution is -2.04. The molecule has 0 atom stereocenters. The van der Waals surface area contributed by atoms with Crippen LogP contribution in [0.25, 0.3) is 0 Å². The van der Waals surface area contributed by atoms with Crippen molar-refractivity contribution >= 4 is 0 Å². The second-order valence-electron chi connectivity index (χ2n) is 3.34. The number of nitrogens with one attached hydrogen (secondary N) is 1. The number of rotatable bonds is 4. The molecule has 0 aliphatic heterocycles. The van der Waals surface area contributed by atoms with E-state index in [1.807, 2.05) is 7.05 Å². The number of hydrogen-bond acceptors (Lipinski definition) is 1. The Hall–Kier alpha value is -1.24. The standard InChI is InChI=1S/C12H17N/c1-10-5-4-6-12(9-10)8-7-11(2)13-3/h4-6,9,13H,2,7-8H2,1,3H3. The van der Waals surface area contributed by atoms with E-state index in [9.17, 15) is 0 Å². The highest BCUT2D eigenvalue weighted by Gasteiger charge is 1.94. The normalized spacial score (nSPS) is 9.69. The molecule has 1 N–H and O–H groups in total. The van der Waals surface area contributed by atoms with E-state index in [-0.39, 0.29) is 0 Å². The third kappa shape index (κ3) is 3.32. The molecule has 0 heterocycles. The SMILES string of the molecule is C=C(CCc1cccc(C)c1)NC. The second kappa shape index (κ2) is 4.70. The molecule has 0 saturated carbocycles. The van der Waals surface area contributed by atoms with E-state index >= 15 is 0 Å². The van der Waals surface area contributed by atoms with Crippen molar-refractivity contribution in [3.8, 4) is 0 Å². The summed E-state index contributed by atoms with van der Waals surface area (Å²) in [5.74, 6) is 0. The molecule has 13 heavy (non-hydrogen) atoms. The van der Waals surface area contributed by atoms with Crippen LogP contribution in [0, 0.1) is 6.92 Å². The Bertz CT molecular complexity index is 289. The molecule has 0 amide bonds. The van der Waals surface area contributed by atoms with E-state index in [0.29, 0.717) is 0 Å². The summed E-state index contributed by atoms with van der Waals surface area (Å²) in [6.07, 6.45) is 2.08. The third-order valence-corrected chi connectivity index (χ3v) is 2.15. The van der Waals surface area contributed by atoms with Gasteiger partial charge in [-0.05, 0) is 25.3 Å². The molecule has 0 aliphatic carbocycles. The summed E-state index contributed by atoms with van der Waals surface area (Å²) >= 11 is 0. The zero-order valence-electron chi connectivity index (χ0n) is 8.43. The van der Waals surface area contributed by atoms with Crippen LogP contribution < -0.4 is 5.32 Å². The quantitative estimate of drug-likeness (QED) is 0.742. The molecular weight excluding hydrogens is 158 g/mol. The van der Waals surface area contributed by atoms with E-state index in [0.717, 1.165) is 18.5 Å².